The molecule has 0 aromatic carbocycles. The lowest BCUT2D eigenvalue weighted by Crippen LogP contribution is -2.28. The molecule has 0 aromatic heterocycles. The molecule has 0 bridgehead atoms. The number of hydrogen-bond donors (Lipinski definition) is 1. The molecule has 0 spiro atoms. The van der Waals surface area contributed by atoms with Crippen LogP contribution in [-0.4, -0.2) is 27.7 Å². The molecule has 0 rings (SSSR count). The second kappa shape index (κ2) is 4.86. The third-order valence-corrected chi connectivity index (χ3v) is 1.35. The summed E-state index contributed by atoms with van der Waals surface area (Å²) in [4.78, 5) is 0. The van der Waals surface area contributed by atoms with Gasteiger partial charge in [-0.3, -0.25) is 0 Å². The molecule has 0 saturated heterocycles. The molecule has 0 aliphatic rings. The minimum Gasteiger partial charge on any atom is -0.365 e. The first kappa shape index (κ1) is 11.1. The van der Waals surface area contributed by atoms with Crippen molar-refractivity contribution in [3.05, 3.63) is 0 Å². The average Bonchev–Trinajstić information content (AvgIpc) is 1.80. The lowest BCUT2D eigenvalue weighted by atomic mass is 10.7. The molecule has 0 radical (unpaired) electrons. The van der Waals surface area contributed by atoms with E-state index in [1.54, 1.807) is 0 Å². The van der Waals surface area contributed by atoms with E-state index >= 15 is 0 Å². The van der Waals surface area contributed by atoms with Crippen LogP contribution in [0.15, 0.2) is 0 Å². The van der Waals surface area contributed by atoms with E-state index in [0.29, 0.717) is 0 Å². The van der Waals surface area contributed by atoms with Crippen molar-refractivity contribution < 1.29 is 9.84 Å². The molecule has 1 unspecified atom stereocenters. The summed E-state index contributed by atoms with van der Waals surface area (Å²) in [6.45, 7) is 0.149. The van der Waals surface area contributed by atoms with Crippen molar-refractivity contribution in [2.24, 2.45) is 0 Å². The molecule has 62 valence electrons. The zero-order valence-corrected chi connectivity index (χ0v) is 7.88. The summed E-state index contributed by atoms with van der Waals surface area (Å²) >= 11 is 20.9. The Bertz CT molecular complexity index is 91.7. The topological polar surface area (TPSA) is 29.5 Å². The van der Waals surface area contributed by atoms with Gasteiger partial charge in [-0.05, 0) is 0 Å². The van der Waals surface area contributed by atoms with Gasteiger partial charge < -0.3 is 9.84 Å². The quantitative estimate of drug-likeness (QED) is 0.590. The van der Waals surface area contributed by atoms with Crippen molar-refractivity contribution in [1.82, 2.24) is 0 Å². The molecule has 0 saturated carbocycles. The molecule has 2 nitrogen and oxygen atoms in total. The van der Waals surface area contributed by atoms with Crippen LogP contribution in [0.1, 0.15) is 0 Å². The van der Waals surface area contributed by atoms with E-state index in [-0.39, 0.29) is 12.5 Å². The number of ether oxygens (including phenoxy) is 1. The number of hydrogen-bond acceptors (Lipinski definition) is 2. The summed E-state index contributed by atoms with van der Waals surface area (Å²) in [5.41, 5.74) is 0. The van der Waals surface area contributed by atoms with E-state index in [9.17, 15) is 0 Å². The van der Waals surface area contributed by atoms with Crippen LogP contribution in [0.5, 0.6) is 0 Å². The second-order valence-electron chi connectivity index (χ2n) is 1.45. The van der Waals surface area contributed by atoms with Crippen LogP contribution in [-0.2, 0) is 4.74 Å². The van der Waals surface area contributed by atoms with Gasteiger partial charge in [-0.15, -0.1) is 11.6 Å². The Kier molecular flexibility index (Phi) is 5.38. The Hall–Kier alpha value is 1.08. The number of halogens is 4. The number of aliphatic hydroxyl groups is 1. The van der Waals surface area contributed by atoms with E-state index in [0.717, 1.165) is 0 Å². The van der Waals surface area contributed by atoms with E-state index < -0.39 is 10.1 Å². The Morgan fingerprint density at radius 3 is 2.20 bits per heavy atom. The molecule has 0 heterocycles. The molecule has 0 fully saturated rings. The monoisotopic (exact) mass is 226 g/mol. The molecule has 0 aromatic rings. The molecule has 0 amide bonds. The highest BCUT2D eigenvalue weighted by atomic mass is 35.6. The SMILES string of the molecule is OC(OCCCl)C(Cl)(Cl)Cl. The minimum absolute atomic E-state index is 0.149. The normalized spacial score (nSPS) is 15.3. The molecule has 6 heteroatoms. The van der Waals surface area contributed by atoms with Gasteiger partial charge in [0.05, 0.1) is 6.61 Å². The van der Waals surface area contributed by atoms with Crippen LogP contribution in [0, 0.1) is 0 Å². The smallest absolute Gasteiger partial charge is 0.240 e. The molecular weight excluding hydrogens is 222 g/mol. The fraction of sp³-hybridized carbons (Fsp3) is 1.00. The minimum atomic E-state index is -1.80. The van der Waals surface area contributed by atoms with Gasteiger partial charge in [0.1, 0.15) is 0 Å². The summed E-state index contributed by atoms with van der Waals surface area (Å²) in [6.07, 6.45) is -1.42. The molecule has 10 heavy (non-hydrogen) atoms. The summed E-state index contributed by atoms with van der Waals surface area (Å²) in [7, 11) is 0. The number of aliphatic hydroxyl groups excluding tert-OH is 1. The van der Waals surface area contributed by atoms with Crippen molar-refractivity contribution in [2.75, 3.05) is 12.5 Å². The van der Waals surface area contributed by atoms with E-state index in [2.05, 4.69) is 4.74 Å². The van der Waals surface area contributed by atoms with Crippen molar-refractivity contribution >= 4 is 46.4 Å². The average molecular weight is 228 g/mol. The third kappa shape index (κ3) is 4.83. The van der Waals surface area contributed by atoms with Crippen molar-refractivity contribution in [3.63, 3.8) is 0 Å². The van der Waals surface area contributed by atoms with Gasteiger partial charge in [0.15, 0.2) is 0 Å². The predicted octanol–water partition coefficient (Wildman–Crippen LogP) is 1.93. The molecule has 0 aliphatic carbocycles. The second-order valence-corrected chi connectivity index (χ2v) is 4.20. The Labute approximate surface area is 79.0 Å². The van der Waals surface area contributed by atoms with Crippen LogP contribution in [0.4, 0.5) is 0 Å². The van der Waals surface area contributed by atoms with E-state index in [1.807, 2.05) is 0 Å². The van der Waals surface area contributed by atoms with Gasteiger partial charge >= 0.3 is 0 Å². The molecule has 0 aliphatic heterocycles. The third-order valence-electron chi connectivity index (χ3n) is 0.633. The van der Waals surface area contributed by atoms with Gasteiger partial charge in [-0.1, -0.05) is 34.8 Å². The fourth-order valence-electron chi connectivity index (χ4n) is 0.251. The first-order valence-electron chi connectivity index (χ1n) is 2.41. The van der Waals surface area contributed by atoms with E-state index in [1.165, 1.54) is 0 Å². The summed E-state index contributed by atoms with van der Waals surface area (Å²) < 4.78 is 2.78. The van der Waals surface area contributed by atoms with Gasteiger partial charge in [0.2, 0.25) is 10.1 Å². The summed E-state index contributed by atoms with van der Waals surface area (Å²) in [6, 6.07) is 0. The van der Waals surface area contributed by atoms with Crippen molar-refractivity contribution in [2.45, 2.75) is 10.1 Å². The lowest BCUT2D eigenvalue weighted by Gasteiger charge is -2.18. The van der Waals surface area contributed by atoms with Crippen LogP contribution in [0.3, 0.4) is 0 Å². The lowest BCUT2D eigenvalue weighted by molar-refractivity contribution is -0.0898. The van der Waals surface area contributed by atoms with Gasteiger partial charge in [0, 0.05) is 5.88 Å². The van der Waals surface area contributed by atoms with Crippen LogP contribution >= 0.6 is 46.4 Å². The Morgan fingerprint density at radius 2 is 1.90 bits per heavy atom. The Balaban J connectivity index is 3.52. The fourth-order valence-corrected chi connectivity index (χ4v) is 0.529. The van der Waals surface area contributed by atoms with Crippen molar-refractivity contribution in [1.29, 1.82) is 0 Å². The molecular formula is C4H6Cl4O2. The summed E-state index contributed by atoms with van der Waals surface area (Å²) in [5, 5.41) is 8.84. The maximum Gasteiger partial charge on any atom is 0.240 e. The highest BCUT2D eigenvalue weighted by Crippen LogP contribution is 2.30. The highest BCUT2D eigenvalue weighted by molar-refractivity contribution is 6.67. The van der Waals surface area contributed by atoms with Crippen LogP contribution in [0.2, 0.25) is 0 Å². The van der Waals surface area contributed by atoms with Crippen molar-refractivity contribution in [3.8, 4) is 0 Å². The van der Waals surface area contributed by atoms with Gasteiger partial charge in [0.25, 0.3) is 0 Å². The standard InChI is InChI=1S/C4H6Cl4O2/c5-1-2-10-3(9)4(6,7)8/h3,9H,1-2H2. The highest BCUT2D eigenvalue weighted by Gasteiger charge is 2.31. The first-order valence-corrected chi connectivity index (χ1v) is 4.07. The van der Waals surface area contributed by atoms with Gasteiger partial charge in [-0.25, -0.2) is 0 Å². The molecule has 1 N–H and O–H groups in total. The Morgan fingerprint density at radius 1 is 1.40 bits per heavy atom. The number of rotatable bonds is 3. The predicted molar refractivity (Wildman–Crippen MR) is 43.0 cm³/mol. The van der Waals surface area contributed by atoms with E-state index in [4.69, 9.17) is 51.5 Å². The molecule has 1 atom stereocenters. The maximum absolute atomic E-state index is 8.84. The maximum atomic E-state index is 8.84. The number of alkyl halides is 4. The zero-order chi connectivity index (χ0) is 8.20. The van der Waals surface area contributed by atoms with Crippen LogP contribution in [0.25, 0.3) is 0 Å². The zero-order valence-electron chi connectivity index (χ0n) is 4.86. The van der Waals surface area contributed by atoms with Crippen LogP contribution < -0.4 is 0 Å². The summed E-state index contributed by atoms with van der Waals surface area (Å²) in [5.74, 6) is 0.248. The van der Waals surface area contributed by atoms with Gasteiger partial charge in [-0.2, -0.15) is 0 Å². The largest absolute Gasteiger partial charge is 0.365 e. The first-order chi connectivity index (χ1) is 4.48.